The smallest absolute Gasteiger partial charge is 0.124 e. The molecule has 1 aromatic heterocycles. The van der Waals surface area contributed by atoms with Gasteiger partial charge in [-0.1, -0.05) is 12.1 Å². The molecule has 1 aromatic carbocycles. The summed E-state index contributed by atoms with van der Waals surface area (Å²) < 4.78 is 6.91. The van der Waals surface area contributed by atoms with E-state index >= 15 is 0 Å². The van der Waals surface area contributed by atoms with Crippen LogP contribution in [-0.2, 0) is 13.2 Å². The number of ether oxygens (including phenoxy) is 1. The number of hydrogen-bond acceptors (Lipinski definition) is 3. The molecule has 1 aliphatic rings. The summed E-state index contributed by atoms with van der Waals surface area (Å²) in [6, 6.07) is 11.2. The molecule has 0 unspecified atom stereocenters. The Morgan fingerprint density at radius 1 is 1.21 bits per heavy atom. The molecule has 1 saturated carbocycles. The molecule has 0 aliphatic heterocycles. The largest absolute Gasteiger partial charge is 0.488 e. The Balaban J connectivity index is 1.52. The maximum Gasteiger partial charge on any atom is 0.124 e. The lowest BCUT2D eigenvalue weighted by Crippen LogP contribution is -2.15. The van der Waals surface area contributed by atoms with Crippen molar-refractivity contribution in [3.8, 4) is 5.75 Å². The average molecular weight is 338 g/mol. The minimum Gasteiger partial charge on any atom is -0.488 e. The molecule has 0 radical (unpaired) electrons. The van der Waals surface area contributed by atoms with Gasteiger partial charge in [0.2, 0.25) is 0 Å². The quantitative estimate of drug-likeness (QED) is 0.846. The summed E-state index contributed by atoms with van der Waals surface area (Å²) in [5, 5.41) is 5.57. The van der Waals surface area contributed by atoms with Crippen molar-refractivity contribution in [3.63, 3.8) is 0 Å². The van der Waals surface area contributed by atoms with Crippen molar-refractivity contribution in [1.82, 2.24) is 5.32 Å². The Labute approximate surface area is 125 Å². The fourth-order valence-electron chi connectivity index (χ4n) is 1.83. The standard InChI is InChI=1S/C15H16BrNOS/c16-14-7-8-19-15(14)10-18-13-5-1-11(2-6-13)9-17-12-3-4-12/h1-2,5-8,12,17H,3-4,9-10H2. The van der Waals surface area contributed by atoms with Crippen LogP contribution in [0.2, 0.25) is 0 Å². The van der Waals surface area contributed by atoms with E-state index in [0.29, 0.717) is 6.61 Å². The highest BCUT2D eigenvalue weighted by atomic mass is 79.9. The molecule has 1 N–H and O–H groups in total. The van der Waals surface area contributed by atoms with Crippen molar-refractivity contribution < 1.29 is 4.74 Å². The molecule has 3 rings (SSSR count). The topological polar surface area (TPSA) is 21.3 Å². The van der Waals surface area contributed by atoms with Gasteiger partial charge in [0.05, 0.1) is 4.88 Å². The highest BCUT2D eigenvalue weighted by Crippen LogP contribution is 2.24. The first kappa shape index (κ1) is 13.2. The predicted molar refractivity (Wildman–Crippen MR) is 82.7 cm³/mol. The van der Waals surface area contributed by atoms with Gasteiger partial charge in [0.25, 0.3) is 0 Å². The van der Waals surface area contributed by atoms with Crippen molar-refractivity contribution in [2.45, 2.75) is 32.0 Å². The first-order chi connectivity index (χ1) is 9.31. The second-order valence-corrected chi connectivity index (χ2v) is 6.63. The summed E-state index contributed by atoms with van der Waals surface area (Å²) in [6.45, 7) is 1.58. The average Bonchev–Trinajstić information content (AvgIpc) is 3.18. The minimum absolute atomic E-state index is 0.623. The lowest BCUT2D eigenvalue weighted by molar-refractivity contribution is 0.309. The van der Waals surface area contributed by atoms with Gasteiger partial charge in [-0.2, -0.15) is 0 Å². The van der Waals surface area contributed by atoms with Crippen molar-refractivity contribution >= 4 is 27.3 Å². The predicted octanol–water partition coefficient (Wildman–Crippen LogP) is 4.34. The molecule has 1 aliphatic carbocycles. The highest BCUT2D eigenvalue weighted by Gasteiger charge is 2.19. The minimum atomic E-state index is 0.623. The van der Waals surface area contributed by atoms with Gasteiger partial charge in [-0.05, 0) is 57.9 Å². The third-order valence-corrected chi connectivity index (χ3v) is 5.06. The van der Waals surface area contributed by atoms with Crippen LogP contribution in [0.1, 0.15) is 23.3 Å². The Bertz CT molecular complexity index is 533. The summed E-state index contributed by atoms with van der Waals surface area (Å²) >= 11 is 5.22. The Hall–Kier alpha value is -0.840. The van der Waals surface area contributed by atoms with Gasteiger partial charge in [-0.3, -0.25) is 0 Å². The lowest BCUT2D eigenvalue weighted by atomic mass is 10.2. The number of hydrogen-bond donors (Lipinski definition) is 1. The monoisotopic (exact) mass is 337 g/mol. The van der Waals surface area contributed by atoms with Crippen LogP contribution in [0.4, 0.5) is 0 Å². The number of nitrogens with one attached hydrogen (secondary N) is 1. The summed E-state index contributed by atoms with van der Waals surface area (Å²) in [5.41, 5.74) is 1.32. The SMILES string of the molecule is Brc1ccsc1COc1ccc(CNC2CC2)cc1. The molecule has 19 heavy (non-hydrogen) atoms. The van der Waals surface area contributed by atoms with Gasteiger partial charge in [0, 0.05) is 17.1 Å². The van der Waals surface area contributed by atoms with E-state index in [9.17, 15) is 0 Å². The molecule has 0 amide bonds. The van der Waals surface area contributed by atoms with Gasteiger partial charge >= 0.3 is 0 Å². The molecule has 2 aromatic rings. The molecule has 100 valence electrons. The number of halogens is 1. The van der Waals surface area contributed by atoms with E-state index in [0.717, 1.165) is 22.8 Å². The maximum absolute atomic E-state index is 5.78. The van der Waals surface area contributed by atoms with Crippen LogP contribution < -0.4 is 10.1 Å². The highest BCUT2D eigenvalue weighted by molar-refractivity contribution is 9.10. The second kappa shape index (κ2) is 6.07. The molecule has 0 atom stereocenters. The summed E-state index contributed by atoms with van der Waals surface area (Å²) in [6.07, 6.45) is 2.66. The normalized spacial score (nSPS) is 14.6. The second-order valence-electron chi connectivity index (χ2n) is 4.78. The molecule has 1 fully saturated rings. The molecule has 0 bridgehead atoms. The Kier molecular flexibility index (Phi) is 4.21. The van der Waals surface area contributed by atoms with Crippen LogP contribution in [0.25, 0.3) is 0 Å². The van der Waals surface area contributed by atoms with Crippen LogP contribution in [0.3, 0.4) is 0 Å². The van der Waals surface area contributed by atoms with Gasteiger partial charge < -0.3 is 10.1 Å². The molecule has 0 spiro atoms. The molecular weight excluding hydrogens is 322 g/mol. The number of rotatable bonds is 6. The van der Waals surface area contributed by atoms with E-state index in [-0.39, 0.29) is 0 Å². The van der Waals surface area contributed by atoms with Gasteiger partial charge in [-0.25, -0.2) is 0 Å². The zero-order valence-electron chi connectivity index (χ0n) is 10.6. The van der Waals surface area contributed by atoms with E-state index in [1.165, 1.54) is 23.3 Å². The maximum atomic E-state index is 5.78. The van der Waals surface area contributed by atoms with Crippen molar-refractivity contribution in [2.75, 3.05) is 0 Å². The fraction of sp³-hybridized carbons (Fsp3) is 0.333. The van der Waals surface area contributed by atoms with Crippen LogP contribution >= 0.6 is 27.3 Å². The Morgan fingerprint density at radius 3 is 2.63 bits per heavy atom. The third-order valence-electron chi connectivity index (χ3n) is 3.16. The first-order valence-corrected chi connectivity index (χ1v) is 8.15. The summed E-state index contributed by atoms with van der Waals surface area (Å²) in [7, 11) is 0. The molecule has 2 nitrogen and oxygen atoms in total. The van der Waals surface area contributed by atoms with Gasteiger partial charge in [0.15, 0.2) is 0 Å². The van der Waals surface area contributed by atoms with Gasteiger partial charge in [-0.15, -0.1) is 11.3 Å². The van der Waals surface area contributed by atoms with E-state index in [1.807, 2.05) is 12.1 Å². The number of thiophene rings is 1. The molecule has 1 heterocycles. The fourth-order valence-corrected chi connectivity index (χ4v) is 3.21. The van der Waals surface area contributed by atoms with Crippen molar-refractivity contribution in [3.05, 3.63) is 50.6 Å². The van der Waals surface area contributed by atoms with Crippen molar-refractivity contribution in [1.29, 1.82) is 0 Å². The lowest BCUT2D eigenvalue weighted by Gasteiger charge is -2.07. The van der Waals surface area contributed by atoms with E-state index in [2.05, 4.69) is 44.8 Å². The zero-order valence-corrected chi connectivity index (χ0v) is 13.0. The third kappa shape index (κ3) is 3.81. The Morgan fingerprint density at radius 2 is 2.00 bits per heavy atom. The van der Waals surface area contributed by atoms with Crippen LogP contribution in [-0.4, -0.2) is 6.04 Å². The van der Waals surface area contributed by atoms with Crippen LogP contribution in [0.5, 0.6) is 5.75 Å². The van der Waals surface area contributed by atoms with Gasteiger partial charge in [0.1, 0.15) is 12.4 Å². The van der Waals surface area contributed by atoms with E-state index in [4.69, 9.17) is 4.74 Å². The van der Waals surface area contributed by atoms with E-state index in [1.54, 1.807) is 11.3 Å². The zero-order chi connectivity index (χ0) is 13.1. The van der Waals surface area contributed by atoms with Crippen LogP contribution in [0, 0.1) is 0 Å². The molecule has 0 saturated heterocycles. The van der Waals surface area contributed by atoms with E-state index < -0.39 is 0 Å². The van der Waals surface area contributed by atoms with Crippen LogP contribution in [0.15, 0.2) is 40.2 Å². The summed E-state index contributed by atoms with van der Waals surface area (Å²) in [4.78, 5) is 1.22. The first-order valence-electron chi connectivity index (χ1n) is 6.48. The van der Waals surface area contributed by atoms with Crippen molar-refractivity contribution in [2.24, 2.45) is 0 Å². The molecule has 4 heteroatoms. The number of benzene rings is 1. The molecular formula is C15H16BrNOS. The summed E-state index contributed by atoms with van der Waals surface area (Å²) in [5.74, 6) is 0.926.